The molecule has 0 aromatic heterocycles. The summed E-state index contributed by atoms with van der Waals surface area (Å²) < 4.78 is 0. The maximum absolute atomic E-state index is 6.03. The van der Waals surface area contributed by atoms with Crippen molar-refractivity contribution in [2.24, 2.45) is 5.92 Å². The van der Waals surface area contributed by atoms with Gasteiger partial charge in [0.25, 0.3) is 0 Å². The van der Waals surface area contributed by atoms with E-state index >= 15 is 0 Å². The zero-order valence-electron chi connectivity index (χ0n) is 11.5. The highest BCUT2D eigenvalue weighted by atomic mass is 35.5. The molecule has 1 N–H and O–H groups in total. The van der Waals surface area contributed by atoms with Crippen LogP contribution in [-0.4, -0.2) is 13.1 Å². The monoisotopic (exact) mass is 287 g/mol. The molecule has 0 heterocycles. The Bertz CT molecular complexity index is 364. The van der Waals surface area contributed by atoms with Crippen LogP contribution in [0.25, 0.3) is 0 Å². The Labute approximate surface area is 121 Å². The van der Waals surface area contributed by atoms with Gasteiger partial charge in [0.2, 0.25) is 0 Å². The molecule has 1 nitrogen and oxygen atoms in total. The molecule has 0 spiro atoms. The molecule has 3 heteroatoms. The van der Waals surface area contributed by atoms with Crippen LogP contribution in [0.3, 0.4) is 0 Å². The van der Waals surface area contributed by atoms with Crippen LogP contribution in [0.15, 0.2) is 18.2 Å². The van der Waals surface area contributed by atoms with Crippen molar-refractivity contribution in [3.8, 4) is 0 Å². The number of halogens is 2. The largest absolute Gasteiger partial charge is 0.317 e. The molecule has 0 aliphatic carbocycles. The highest BCUT2D eigenvalue weighted by molar-refractivity contribution is 6.42. The van der Waals surface area contributed by atoms with Gasteiger partial charge in [0, 0.05) is 6.04 Å². The maximum Gasteiger partial charge on any atom is 0.0595 e. The summed E-state index contributed by atoms with van der Waals surface area (Å²) in [5.74, 6) is 0.785. The topological polar surface area (TPSA) is 12.0 Å². The first-order chi connectivity index (χ1) is 8.52. The third-order valence-electron chi connectivity index (χ3n) is 3.21. The Kier molecular flexibility index (Phi) is 7.06. The normalized spacial score (nSPS) is 13.0. The van der Waals surface area contributed by atoms with Crippen LogP contribution in [0, 0.1) is 5.92 Å². The van der Waals surface area contributed by atoms with Crippen LogP contribution < -0.4 is 5.32 Å². The zero-order valence-corrected chi connectivity index (χ0v) is 13.0. The summed E-state index contributed by atoms with van der Waals surface area (Å²) in [6.45, 7) is 4.54. The minimum Gasteiger partial charge on any atom is -0.317 e. The molecule has 1 aromatic rings. The minimum atomic E-state index is 0.515. The number of hydrogen-bond acceptors (Lipinski definition) is 1. The highest BCUT2D eigenvalue weighted by Gasteiger charge is 2.09. The lowest BCUT2D eigenvalue weighted by molar-refractivity contribution is 0.457. The average molecular weight is 288 g/mol. The van der Waals surface area contributed by atoms with Gasteiger partial charge in [0.15, 0.2) is 0 Å². The van der Waals surface area contributed by atoms with Gasteiger partial charge in [-0.15, -0.1) is 0 Å². The summed E-state index contributed by atoms with van der Waals surface area (Å²) in [4.78, 5) is 0. The molecule has 0 aliphatic heterocycles. The Morgan fingerprint density at radius 2 is 1.83 bits per heavy atom. The Morgan fingerprint density at radius 1 is 1.11 bits per heavy atom. The van der Waals surface area contributed by atoms with Gasteiger partial charge in [-0.3, -0.25) is 0 Å². The van der Waals surface area contributed by atoms with Crippen molar-refractivity contribution in [1.29, 1.82) is 0 Å². The van der Waals surface area contributed by atoms with E-state index in [4.69, 9.17) is 23.2 Å². The van der Waals surface area contributed by atoms with E-state index in [-0.39, 0.29) is 0 Å². The first kappa shape index (κ1) is 15.8. The molecule has 1 aromatic carbocycles. The molecular weight excluding hydrogens is 265 g/mol. The molecule has 0 bridgehead atoms. The maximum atomic E-state index is 6.03. The van der Waals surface area contributed by atoms with Crippen molar-refractivity contribution < 1.29 is 0 Å². The average Bonchev–Trinajstić information content (AvgIpc) is 2.32. The van der Waals surface area contributed by atoms with Gasteiger partial charge < -0.3 is 5.32 Å². The van der Waals surface area contributed by atoms with Gasteiger partial charge in [-0.25, -0.2) is 0 Å². The third kappa shape index (κ3) is 5.60. The molecule has 0 saturated heterocycles. The highest BCUT2D eigenvalue weighted by Crippen LogP contribution is 2.23. The predicted molar refractivity (Wildman–Crippen MR) is 81.7 cm³/mol. The van der Waals surface area contributed by atoms with Crippen molar-refractivity contribution in [2.75, 3.05) is 7.05 Å². The van der Waals surface area contributed by atoms with E-state index in [1.165, 1.54) is 24.8 Å². The Balaban J connectivity index is 2.49. The van der Waals surface area contributed by atoms with Crippen molar-refractivity contribution >= 4 is 23.2 Å². The second kappa shape index (κ2) is 8.04. The standard InChI is InChI=1S/C15H23Cl2N/c1-11(2)5-4-6-13(18-3)9-12-7-8-14(16)15(17)10-12/h7-8,10-11,13,18H,4-6,9H2,1-3H3. The van der Waals surface area contributed by atoms with Gasteiger partial charge in [-0.1, -0.05) is 56.0 Å². The minimum absolute atomic E-state index is 0.515. The lowest BCUT2D eigenvalue weighted by atomic mass is 9.98. The van der Waals surface area contributed by atoms with Crippen molar-refractivity contribution in [3.63, 3.8) is 0 Å². The van der Waals surface area contributed by atoms with E-state index in [0.29, 0.717) is 16.1 Å². The third-order valence-corrected chi connectivity index (χ3v) is 3.95. The van der Waals surface area contributed by atoms with Crippen LogP contribution in [0.1, 0.15) is 38.7 Å². The number of hydrogen-bond donors (Lipinski definition) is 1. The second-order valence-electron chi connectivity index (χ2n) is 5.26. The molecule has 0 aliphatic rings. The molecule has 102 valence electrons. The fourth-order valence-corrected chi connectivity index (χ4v) is 2.39. The van der Waals surface area contributed by atoms with Gasteiger partial charge in [0.1, 0.15) is 0 Å². The molecule has 18 heavy (non-hydrogen) atoms. The van der Waals surface area contributed by atoms with Gasteiger partial charge in [-0.2, -0.15) is 0 Å². The van der Waals surface area contributed by atoms with Crippen molar-refractivity contribution in [3.05, 3.63) is 33.8 Å². The van der Waals surface area contributed by atoms with E-state index in [1.807, 2.05) is 19.2 Å². The lowest BCUT2D eigenvalue weighted by Crippen LogP contribution is -2.27. The summed E-state index contributed by atoms with van der Waals surface area (Å²) in [5, 5.41) is 4.65. The first-order valence-electron chi connectivity index (χ1n) is 6.64. The zero-order chi connectivity index (χ0) is 13.5. The molecule has 1 rings (SSSR count). The fraction of sp³-hybridized carbons (Fsp3) is 0.600. The molecule has 0 saturated carbocycles. The molecule has 0 amide bonds. The summed E-state index contributed by atoms with van der Waals surface area (Å²) in [5.41, 5.74) is 1.24. The fourth-order valence-electron chi connectivity index (χ4n) is 2.07. The van der Waals surface area contributed by atoms with Gasteiger partial charge >= 0.3 is 0 Å². The van der Waals surface area contributed by atoms with E-state index in [0.717, 1.165) is 12.3 Å². The molecule has 1 atom stereocenters. The first-order valence-corrected chi connectivity index (χ1v) is 7.39. The van der Waals surface area contributed by atoms with Crippen LogP contribution in [-0.2, 0) is 6.42 Å². The van der Waals surface area contributed by atoms with Crippen LogP contribution in [0.4, 0.5) is 0 Å². The predicted octanol–water partition coefficient (Wildman–Crippen LogP) is 4.95. The smallest absolute Gasteiger partial charge is 0.0595 e. The molecule has 1 unspecified atom stereocenters. The van der Waals surface area contributed by atoms with Gasteiger partial charge in [0.05, 0.1) is 10.0 Å². The van der Waals surface area contributed by atoms with Crippen LogP contribution >= 0.6 is 23.2 Å². The lowest BCUT2D eigenvalue weighted by Gasteiger charge is -2.17. The van der Waals surface area contributed by atoms with Crippen LogP contribution in [0.5, 0.6) is 0 Å². The van der Waals surface area contributed by atoms with E-state index in [2.05, 4.69) is 25.2 Å². The van der Waals surface area contributed by atoms with Crippen LogP contribution in [0.2, 0.25) is 10.0 Å². The van der Waals surface area contributed by atoms with Gasteiger partial charge in [-0.05, 0) is 43.5 Å². The number of nitrogens with one attached hydrogen (secondary N) is 1. The summed E-state index contributed by atoms with van der Waals surface area (Å²) >= 11 is 12.0. The Morgan fingerprint density at radius 3 is 2.39 bits per heavy atom. The summed E-state index contributed by atoms with van der Waals surface area (Å²) in [6.07, 6.45) is 4.77. The summed E-state index contributed by atoms with van der Waals surface area (Å²) in [6, 6.07) is 6.42. The van der Waals surface area contributed by atoms with Crippen molar-refractivity contribution in [1.82, 2.24) is 5.32 Å². The number of rotatable bonds is 7. The van der Waals surface area contributed by atoms with Crippen molar-refractivity contribution in [2.45, 2.75) is 45.6 Å². The summed E-state index contributed by atoms with van der Waals surface area (Å²) in [7, 11) is 2.03. The number of likely N-dealkylation sites (N-methyl/N-ethyl adjacent to an activating group) is 1. The molecule has 0 fully saturated rings. The molecule has 0 radical (unpaired) electrons. The SMILES string of the molecule is CNC(CCCC(C)C)Cc1ccc(Cl)c(Cl)c1. The van der Waals surface area contributed by atoms with E-state index in [1.54, 1.807) is 0 Å². The van der Waals surface area contributed by atoms with E-state index < -0.39 is 0 Å². The van der Waals surface area contributed by atoms with E-state index in [9.17, 15) is 0 Å². The molecular formula is C15H23Cl2N. The Hall–Kier alpha value is -0.240. The number of benzene rings is 1. The second-order valence-corrected chi connectivity index (χ2v) is 6.08. The quantitative estimate of drug-likeness (QED) is 0.748.